The molecule has 0 radical (unpaired) electrons. The van der Waals surface area contributed by atoms with Crippen LogP contribution in [0.25, 0.3) is 0 Å². The van der Waals surface area contributed by atoms with Crippen molar-refractivity contribution < 1.29 is 15.3 Å². The van der Waals surface area contributed by atoms with E-state index in [-0.39, 0.29) is 11.8 Å². The van der Waals surface area contributed by atoms with Gasteiger partial charge in [0.15, 0.2) is 0 Å². The van der Waals surface area contributed by atoms with Crippen LogP contribution >= 0.6 is 0 Å². The quantitative estimate of drug-likeness (QED) is 0.621. The van der Waals surface area contributed by atoms with Crippen LogP contribution in [0, 0.1) is 11.8 Å². The minimum absolute atomic E-state index is 0.0533. The zero-order valence-corrected chi connectivity index (χ0v) is 12.1. The summed E-state index contributed by atoms with van der Waals surface area (Å²) in [5.41, 5.74) is 0. The Bertz CT molecular complexity index is 298. The van der Waals surface area contributed by atoms with E-state index in [2.05, 4.69) is 19.1 Å². The van der Waals surface area contributed by atoms with Crippen LogP contribution in [0.15, 0.2) is 24.3 Å². The molecule has 1 fully saturated rings. The normalized spacial score (nSPS) is 33.5. The molecule has 0 saturated heterocycles. The summed E-state index contributed by atoms with van der Waals surface area (Å²) in [6, 6.07) is 0. The molecule has 3 N–H and O–H groups in total. The Labute approximate surface area is 116 Å². The third-order valence-corrected chi connectivity index (χ3v) is 3.92. The fourth-order valence-corrected chi connectivity index (χ4v) is 2.64. The summed E-state index contributed by atoms with van der Waals surface area (Å²) in [6.07, 6.45) is 10.5. The number of allylic oxidation sites excluding steroid dienone is 2. The maximum atomic E-state index is 10.0. The zero-order chi connectivity index (χ0) is 14.3. The third kappa shape index (κ3) is 5.09. The number of aliphatic hydroxyl groups is 3. The standard InChI is InChI=1S/C16H28O3/c1-3-5-6-7-8-13-14(10-9-12(17)4-2)16(19)11-15(13)18/h6-7,9-10,12-19H,3-5,8,11H2,1-2H3/b7-6+,10-9+. The van der Waals surface area contributed by atoms with E-state index >= 15 is 0 Å². The number of aliphatic hydroxyl groups excluding tert-OH is 3. The zero-order valence-electron chi connectivity index (χ0n) is 12.1. The molecular weight excluding hydrogens is 240 g/mol. The van der Waals surface area contributed by atoms with Gasteiger partial charge < -0.3 is 15.3 Å². The van der Waals surface area contributed by atoms with Gasteiger partial charge in [-0.15, -0.1) is 0 Å². The minimum atomic E-state index is -0.500. The van der Waals surface area contributed by atoms with Crippen molar-refractivity contribution in [3.05, 3.63) is 24.3 Å². The van der Waals surface area contributed by atoms with Crippen molar-refractivity contribution in [2.45, 2.75) is 64.3 Å². The van der Waals surface area contributed by atoms with Gasteiger partial charge in [-0.25, -0.2) is 0 Å². The highest BCUT2D eigenvalue weighted by molar-refractivity contribution is 5.05. The van der Waals surface area contributed by atoms with Gasteiger partial charge in [0.05, 0.1) is 18.3 Å². The second-order valence-electron chi connectivity index (χ2n) is 5.47. The molecular formula is C16H28O3. The molecule has 1 saturated carbocycles. The van der Waals surface area contributed by atoms with Crippen LogP contribution < -0.4 is 0 Å². The summed E-state index contributed by atoms with van der Waals surface area (Å²) < 4.78 is 0. The SMILES string of the molecule is CCC/C=C/CC1C(O)CC(O)C1/C=C/C(O)CC. The second kappa shape index (κ2) is 8.51. The lowest BCUT2D eigenvalue weighted by molar-refractivity contribution is 0.120. The summed E-state index contributed by atoms with van der Waals surface area (Å²) in [6.45, 7) is 4.05. The molecule has 1 aliphatic carbocycles. The van der Waals surface area contributed by atoms with E-state index in [1.165, 1.54) is 0 Å². The molecule has 0 aromatic heterocycles. The molecule has 0 aliphatic heterocycles. The predicted octanol–water partition coefficient (Wildman–Crippen LogP) is 2.42. The van der Waals surface area contributed by atoms with Crippen LogP contribution in [0.5, 0.6) is 0 Å². The van der Waals surface area contributed by atoms with Gasteiger partial charge in [-0.05, 0) is 25.2 Å². The molecule has 0 heterocycles. The highest BCUT2D eigenvalue weighted by atomic mass is 16.3. The van der Waals surface area contributed by atoms with Crippen molar-refractivity contribution in [1.82, 2.24) is 0 Å². The monoisotopic (exact) mass is 268 g/mol. The van der Waals surface area contributed by atoms with E-state index in [4.69, 9.17) is 0 Å². The number of hydrogen-bond donors (Lipinski definition) is 3. The van der Waals surface area contributed by atoms with Gasteiger partial charge in [-0.3, -0.25) is 0 Å². The molecule has 5 atom stereocenters. The largest absolute Gasteiger partial charge is 0.393 e. The highest BCUT2D eigenvalue weighted by Crippen LogP contribution is 2.36. The van der Waals surface area contributed by atoms with Crippen molar-refractivity contribution in [2.24, 2.45) is 11.8 Å². The number of rotatable bonds is 7. The molecule has 1 rings (SSSR count). The summed E-state index contributed by atoms with van der Waals surface area (Å²) in [5.74, 6) is 0.00545. The molecule has 1 aliphatic rings. The molecule has 3 nitrogen and oxygen atoms in total. The van der Waals surface area contributed by atoms with Gasteiger partial charge in [-0.2, -0.15) is 0 Å². The highest BCUT2D eigenvalue weighted by Gasteiger charge is 2.39. The summed E-state index contributed by atoms with van der Waals surface area (Å²) in [4.78, 5) is 0. The molecule has 19 heavy (non-hydrogen) atoms. The summed E-state index contributed by atoms with van der Waals surface area (Å²) >= 11 is 0. The van der Waals surface area contributed by atoms with Crippen LogP contribution in [0.1, 0.15) is 46.0 Å². The molecule has 110 valence electrons. The van der Waals surface area contributed by atoms with E-state index < -0.39 is 18.3 Å². The lowest BCUT2D eigenvalue weighted by Gasteiger charge is -2.19. The molecule has 0 amide bonds. The topological polar surface area (TPSA) is 60.7 Å². The third-order valence-electron chi connectivity index (χ3n) is 3.92. The molecule has 0 spiro atoms. The fourth-order valence-electron chi connectivity index (χ4n) is 2.64. The van der Waals surface area contributed by atoms with Crippen molar-refractivity contribution in [1.29, 1.82) is 0 Å². The Balaban J connectivity index is 2.61. The van der Waals surface area contributed by atoms with E-state index in [1.54, 1.807) is 6.08 Å². The average Bonchev–Trinajstić information content (AvgIpc) is 2.66. The summed E-state index contributed by atoms with van der Waals surface area (Å²) in [7, 11) is 0. The van der Waals surface area contributed by atoms with Crippen LogP contribution in [0.3, 0.4) is 0 Å². The Morgan fingerprint density at radius 2 is 1.89 bits per heavy atom. The maximum absolute atomic E-state index is 10.0. The Morgan fingerprint density at radius 1 is 1.16 bits per heavy atom. The number of hydrogen-bond acceptors (Lipinski definition) is 3. The van der Waals surface area contributed by atoms with Gasteiger partial charge in [0.1, 0.15) is 0 Å². The van der Waals surface area contributed by atoms with Crippen molar-refractivity contribution in [3.8, 4) is 0 Å². The fraction of sp³-hybridized carbons (Fsp3) is 0.750. The Kier molecular flexibility index (Phi) is 7.36. The molecule has 3 heteroatoms. The maximum Gasteiger partial charge on any atom is 0.0718 e. The van der Waals surface area contributed by atoms with Gasteiger partial charge in [0, 0.05) is 12.3 Å². The molecule has 0 bridgehead atoms. The van der Waals surface area contributed by atoms with Gasteiger partial charge in [0.25, 0.3) is 0 Å². The lowest BCUT2D eigenvalue weighted by atomic mass is 9.89. The summed E-state index contributed by atoms with van der Waals surface area (Å²) in [5, 5.41) is 29.6. The van der Waals surface area contributed by atoms with Gasteiger partial charge in [-0.1, -0.05) is 44.6 Å². The van der Waals surface area contributed by atoms with Crippen LogP contribution in [-0.2, 0) is 0 Å². The first-order valence-corrected chi connectivity index (χ1v) is 7.47. The second-order valence-corrected chi connectivity index (χ2v) is 5.47. The van der Waals surface area contributed by atoms with Crippen molar-refractivity contribution in [2.75, 3.05) is 0 Å². The first-order valence-electron chi connectivity index (χ1n) is 7.47. The van der Waals surface area contributed by atoms with Gasteiger partial charge in [0.2, 0.25) is 0 Å². The molecule has 0 aromatic carbocycles. The van der Waals surface area contributed by atoms with E-state index in [1.807, 2.05) is 13.0 Å². The smallest absolute Gasteiger partial charge is 0.0718 e. The van der Waals surface area contributed by atoms with E-state index in [9.17, 15) is 15.3 Å². The van der Waals surface area contributed by atoms with Crippen LogP contribution in [-0.4, -0.2) is 33.6 Å². The van der Waals surface area contributed by atoms with Crippen LogP contribution in [0.4, 0.5) is 0 Å². The lowest BCUT2D eigenvalue weighted by Crippen LogP contribution is -2.20. The van der Waals surface area contributed by atoms with Crippen LogP contribution in [0.2, 0.25) is 0 Å². The van der Waals surface area contributed by atoms with Crippen molar-refractivity contribution in [3.63, 3.8) is 0 Å². The Hall–Kier alpha value is -0.640. The Morgan fingerprint density at radius 3 is 2.53 bits per heavy atom. The first kappa shape index (κ1) is 16.4. The van der Waals surface area contributed by atoms with E-state index in [0.29, 0.717) is 12.8 Å². The number of unbranched alkanes of at least 4 members (excludes halogenated alkanes) is 1. The molecule has 0 aromatic rings. The van der Waals surface area contributed by atoms with E-state index in [0.717, 1.165) is 19.3 Å². The predicted molar refractivity (Wildman–Crippen MR) is 77.7 cm³/mol. The average molecular weight is 268 g/mol. The van der Waals surface area contributed by atoms with Crippen molar-refractivity contribution >= 4 is 0 Å². The molecule has 5 unspecified atom stereocenters. The first-order chi connectivity index (χ1) is 9.10. The minimum Gasteiger partial charge on any atom is -0.393 e. The van der Waals surface area contributed by atoms with Gasteiger partial charge >= 0.3 is 0 Å².